The average molecular weight is 324 g/mol. The number of nitrogens with zero attached hydrogens (tertiary/aromatic N) is 6. The van der Waals surface area contributed by atoms with Gasteiger partial charge >= 0.3 is 0 Å². The van der Waals surface area contributed by atoms with Crippen molar-refractivity contribution in [3.05, 3.63) is 48.8 Å². The second-order valence-electron chi connectivity index (χ2n) is 6.12. The minimum atomic E-state index is 0.430. The van der Waals surface area contributed by atoms with Crippen LogP contribution < -0.4 is 0 Å². The third-order valence-corrected chi connectivity index (χ3v) is 4.45. The van der Waals surface area contributed by atoms with E-state index in [2.05, 4.69) is 25.1 Å². The lowest BCUT2D eigenvalue weighted by atomic mass is 10.0. The van der Waals surface area contributed by atoms with Crippen molar-refractivity contribution in [2.75, 3.05) is 6.54 Å². The summed E-state index contributed by atoms with van der Waals surface area (Å²) in [6, 6.07) is 10.3. The van der Waals surface area contributed by atoms with E-state index in [9.17, 15) is 0 Å². The molecule has 7 nitrogen and oxygen atoms in total. The van der Waals surface area contributed by atoms with E-state index in [4.69, 9.17) is 4.52 Å². The summed E-state index contributed by atoms with van der Waals surface area (Å²) in [5.74, 6) is 1.31. The van der Waals surface area contributed by atoms with Crippen LogP contribution in [0.25, 0.3) is 11.5 Å². The zero-order valence-corrected chi connectivity index (χ0v) is 13.5. The van der Waals surface area contributed by atoms with Gasteiger partial charge in [-0.1, -0.05) is 29.8 Å². The van der Waals surface area contributed by atoms with Gasteiger partial charge in [-0.05, 0) is 31.5 Å². The van der Waals surface area contributed by atoms with Gasteiger partial charge in [-0.3, -0.25) is 9.58 Å². The number of likely N-dealkylation sites (tertiary alicyclic amines) is 1. The Balaban J connectivity index is 1.46. The lowest BCUT2D eigenvalue weighted by molar-refractivity contribution is 0.117. The topological polar surface area (TPSA) is 72.9 Å². The summed E-state index contributed by atoms with van der Waals surface area (Å²) >= 11 is 0. The van der Waals surface area contributed by atoms with Gasteiger partial charge in [0.15, 0.2) is 5.82 Å². The van der Waals surface area contributed by atoms with E-state index in [0.717, 1.165) is 30.9 Å². The molecule has 2 aromatic heterocycles. The summed E-state index contributed by atoms with van der Waals surface area (Å²) in [4.78, 5) is 11.0. The predicted molar refractivity (Wildman–Crippen MR) is 87.8 cm³/mol. The highest BCUT2D eigenvalue weighted by atomic mass is 16.5. The molecule has 1 aliphatic rings. The molecule has 1 aromatic carbocycles. The molecule has 1 fully saturated rings. The van der Waals surface area contributed by atoms with E-state index >= 15 is 0 Å². The highest BCUT2D eigenvalue weighted by molar-refractivity contribution is 5.51. The maximum absolute atomic E-state index is 5.42. The fourth-order valence-electron chi connectivity index (χ4n) is 3.22. The Kier molecular flexibility index (Phi) is 4.33. The lowest BCUT2D eigenvalue weighted by Crippen LogP contribution is -2.41. The zero-order chi connectivity index (χ0) is 16.2. The molecule has 1 saturated heterocycles. The molecule has 4 rings (SSSR count). The Morgan fingerprint density at radius 1 is 1.17 bits per heavy atom. The molecule has 1 aliphatic heterocycles. The number of benzene rings is 1. The Hall–Kier alpha value is -2.54. The molecule has 7 heteroatoms. The third kappa shape index (κ3) is 3.35. The van der Waals surface area contributed by atoms with Gasteiger partial charge in [0.25, 0.3) is 5.89 Å². The molecule has 0 amide bonds. The van der Waals surface area contributed by atoms with Crippen molar-refractivity contribution in [3.63, 3.8) is 0 Å². The Morgan fingerprint density at radius 2 is 2.08 bits per heavy atom. The number of hydrogen-bond donors (Lipinski definition) is 0. The standard InChI is InChI=1S/C17H20N6O/c1-2-6-14(7-3-1)17-20-16(21-24-17)11-22-9-5-4-8-15(22)10-23-13-18-12-19-23/h1-3,6-7,12-13,15H,4-5,8-11H2. The van der Waals surface area contributed by atoms with Crippen LogP contribution in [0.1, 0.15) is 25.1 Å². The van der Waals surface area contributed by atoms with Gasteiger partial charge in [-0.25, -0.2) is 4.98 Å². The maximum atomic E-state index is 5.42. The van der Waals surface area contributed by atoms with Gasteiger partial charge < -0.3 is 4.52 Å². The summed E-state index contributed by atoms with van der Waals surface area (Å²) in [5.41, 5.74) is 0.953. The SMILES string of the molecule is c1ccc(-c2nc(CN3CCCCC3Cn3cncn3)no2)cc1. The zero-order valence-electron chi connectivity index (χ0n) is 13.5. The summed E-state index contributed by atoms with van der Waals surface area (Å²) in [5, 5.41) is 8.38. The highest BCUT2D eigenvalue weighted by Gasteiger charge is 2.24. The van der Waals surface area contributed by atoms with E-state index in [-0.39, 0.29) is 0 Å². The largest absolute Gasteiger partial charge is 0.334 e. The lowest BCUT2D eigenvalue weighted by Gasteiger charge is -2.34. The number of rotatable bonds is 5. The van der Waals surface area contributed by atoms with Crippen LogP contribution in [-0.2, 0) is 13.1 Å². The molecule has 0 aliphatic carbocycles. The van der Waals surface area contributed by atoms with E-state index in [1.807, 2.05) is 35.0 Å². The molecule has 3 heterocycles. The fraction of sp³-hybridized carbons (Fsp3) is 0.412. The number of aromatic nitrogens is 5. The Bertz CT molecular complexity index is 755. The fourth-order valence-corrected chi connectivity index (χ4v) is 3.22. The number of piperidine rings is 1. The van der Waals surface area contributed by atoms with E-state index in [1.165, 1.54) is 12.8 Å². The minimum absolute atomic E-state index is 0.430. The summed E-state index contributed by atoms with van der Waals surface area (Å²) in [7, 11) is 0. The third-order valence-electron chi connectivity index (χ3n) is 4.45. The molecule has 24 heavy (non-hydrogen) atoms. The predicted octanol–water partition coefficient (Wildman–Crippen LogP) is 2.38. The van der Waals surface area contributed by atoms with Crippen LogP contribution in [0.5, 0.6) is 0 Å². The van der Waals surface area contributed by atoms with Crippen LogP contribution >= 0.6 is 0 Å². The summed E-state index contributed by atoms with van der Waals surface area (Å²) in [6.45, 7) is 2.60. The van der Waals surface area contributed by atoms with Crippen LogP contribution in [0.15, 0.2) is 47.5 Å². The summed E-state index contributed by atoms with van der Waals surface area (Å²) in [6.07, 6.45) is 6.96. The van der Waals surface area contributed by atoms with Gasteiger partial charge in [0, 0.05) is 11.6 Å². The molecule has 124 valence electrons. The van der Waals surface area contributed by atoms with Crippen molar-refractivity contribution < 1.29 is 4.52 Å². The smallest absolute Gasteiger partial charge is 0.257 e. The van der Waals surface area contributed by atoms with Crippen molar-refractivity contribution in [1.82, 2.24) is 29.8 Å². The van der Waals surface area contributed by atoms with Gasteiger partial charge in [0.2, 0.25) is 0 Å². The van der Waals surface area contributed by atoms with E-state index < -0.39 is 0 Å². The molecular formula is C17H20N6O. The van der Waals surface area contributed by atoms with Crippen molar-refractivity contribution in [1.29, 1.82) is 0 Å². The van der Waals surface area contributed by atoms with Crippen LogP contribution in [0.4, 0.5) is 0 Å². The second-order valence-corrected chi connectivity index (χ2v) is 6.12. The van der Waals surface area contributed by atoms with Crippen LogP contribution in [0.3, 0.4) is 0 Å². The van der Waals surface area contributed by atoms with Crippen molar-refractivity contribution in [2.24, 2.45) is 0 Å². The molecule has 0 spiro atoms. The first-order valence-corrected chi connectivity index (χ1v) is 8.33. The van der Waals surface area contributed by atoms with E-state index in [1.54, 1.807) is 12.7 Å². The van der Waals surface area contributed by atoms with Gasteiger partial charge in [-0.2, -0.15) is 10.1 Å². The minimum Gasteiger partial charge on any atom is -0.334 e. The Labute approximate surface area is 140 Å². The molecular weight excluding hydrogens is 304 g/mol. The van der Waals surface area contributed by atoms with Crippen LogP contribution in [0, 0.1) is 0 Å². The van der Waals surface area contributed by atoms with Gasteiger partial charge in [0.05, 0.1) is 13.1 Å². The van der Waals surface area contributed by atoms with Gasteiger partial charge in [-0.15, -0.1) is 0 Å². The van der Waals surface area contributed by atoms with Crippen molar-refractivity contribution >= 4 is 0 Å². The molecule has 0 N–H and O–H groups in total. The second kappa shape index (κ2) is 6.92. The Morgan fingerprint density at radius 3 is 2.92 bits per heavy atom. The maximum Gasteiger partial charge on any atom is 0.257 e. The molecule has 0 bridgehead atoms. The highest BCUT2D eigenvalue weighted by Crippen LogP contribution is 2.22. The van der Waals surface area contributed by atoms with Gasteiger partial charge in [0.1, 0.15) is 12.7 Å². The molecule has 0 radical (unpaired) electrons. The summed E-state index contributed by atoms with van der Waals surface area (Å²) < 4.78 is 7.32. The van der Waals surface area contributed by atoms with Crippen LogP contribution in [-0.4, -0.2) is 42.4 Å². The van der Waals surface area contributed by atoms with Crippen molar-refractivity contribution in [2.45, 2.75) is 38.4 Å². The van der Waals surface area contributed by atoms with Crippen molar-refractivity contribution in [3.8, 4) is 11.5 Å². The molecule has 1 atom stereocenters. The molecule has 0 saturated carbocycles. The first-order valence-electron chi connectivity index (χ1n) is 8.33. The first-order chi connectivity index (χ1) is 11.9. The normalized spacial score (nSPS) is 18.8. The first kappa shape index (κ1) is 15.0. The van der Waals surface area contributed by atoms with Crippen LogP contribution in [0.2, 0.25) is 0 Å². The molecule has 3 aromatic rings. The molecule has 1 unspecified atom stereocenters. The average Bonchev–Trinajstić information content (AvgIpc) is 3.29. The quantitative estimate of drug-likeness (QED) is 0.717. The monoisotopic (exact) mass is 324 g/mol. The number of hydrogen-bond acceptors (Lipinski definition) is 6. The van der Waals surface area contributed by atoms with E-state index in [0.29, 0.717) is 18.5 Å².